The molecule has 0 spiro atoms. The summed E-state index contributed by atoms with van der Waals surface area (Å²) < 4.78 is 113. The number of fused-ring (bicyclic) bond motifs is 6. The highest BCUT2D eigenvalue weighted by molar-refractivity contribution is 7.25. The first kappa shape index (κ1) is 25.6. The maximum Gasteiger partial charge on any atom is 0.166 e. The van der Waals surface area contributed by atoms with Crippen molar-refractivity contribution in [2.45, 2.75) is 0 Å². The molecule has 5 heteroatoms. The molecule has 0 aliphatic rings. The first-order valence-electron chi connectivity index (χ1n) is 25.9. The molecule has 290 valence electrons. The van der Waals surface area contributed by atoms with Crippen LogP contribution in [0, 0.1) is 0 Å². The van der Waals surface area contributed by atoms with Crippen molar-refractivity contribution in [2.24, 2.45) is 0 Å². The van der Waals surface area contributed by atoms with E-state index in [1.807, 2.05) is 127 Å². The van der Waals surface area contributed by atoms with Gasteiger partial charge in [-0.15, -0.1) is 11.3 Å². The van der Waals surface area contributed by atoms with Crippen molar-refractivity contribution in [1.29, 1.82) is 0 Å². The fourth-order valence-corrected chi connectivity index (χ4v) is 9.29. The van der Waals surface area contributed by atoms with Crippen molar-refractivity contribution < 1.29 is 16.4 Å². The number of para-hydroxylation sites is 1. The molecule has 12 rings (SSSR count). The molecule has 3 heterocycles. The molecule has 3 aromatic heterocycles. The van der Waals surface area contributed by atoms with Crippen LogP contribution in [-0.2, 0) is 0 Å². The van der Waals surface area contributed by atoms with Crippen LogP contribution < -0.4 is 0 Å². The third-order valence-electron chi connectivity index (χ3n) is 11.0. The van der Waals surface area contributed by atoms with Crippen LogP contribution in [-0.4, -0.2) is 19.5 Å². The number of hydrogen-bond donors (Lipinski definition) is 0. The van der Waals surface area contributed by atoms with Gasteiger partial charge in [0, 0.05) is 47.6 Å². The van der Waals surface area contributed by atoms with E-state index in [1.165, 1.54) is 4.57 Å². The van der Waals surface area contributed by atoms with Gasteiger partial charge in [0.2, 0.25) is 0 Å². The molecule has 0 fully saturated rings. The van der Waals surface area contributed by atoms with Crippen molar-refractivity contribution in [1.82, 2.24) is 19.5 Å². The van der Waals surface area contributed by atoms with Gasteiger partial charge in [-0.3, -0.25) is 0 Å². The van der Waals surface area contributed by atoms with Crippen LogP contribution >= 0.6 is 11.3 Å². The van der Waals surface area contributed by atoms with Crippen LogP contribution in [0.4, 0.5) is 0 Å². The highest BCUT2D eigenvalue weighted by Crippen LogP contribution is 2.43. The lowest BCUT2D eigenvalue weighted by molar-refractivity contribution is 1.06. The van der Waals surface area contributed by atoms with Crippen LogP contribution in [0.1, 0.15) is 16.4 Å². The summed E-state index contributed by atoms with van der Waals surface area (Å²) in [6.45, 7) is 0. The van der Waals surface area contributed by atoms with E-state index in [-0.39, 0.29) is 33.3 Å². The lowest BCUT2D eigenvalue weighted by Crippen LogP contribution is -2.04. The lowest BCUT2D eigenvalue weighted by Gasteiger charge is -2.17. The van der Waals surface area contributed by atoms with E-state index >= 15 is 0 Å². The number of rotatable bonds is 7. The predicted molar refractivity (Wildman–Crippen MR) is 260 cm³/mol. The third kappa shape index (κ3) is 6.18. The van der Waals surface area contributed by atoms with Gasteiger partial charge < -0.3 is 4.57 Å². The van der Waals surface area contributed by atoms with Gasteiger partial charge in [0.1, 0.15) is 0 Å². The second-order valence-electron chi connectivity index (χ2n) is 14.7. The summed E-state index contributed by atoms with van der Waals surface area (Å²) >= 11 is 1.65. The highest BCUT2D eigenvalue weighted by Gasteiger charge is 2.22. The maximum atomic E-state index is 9.89. The third-order valence-corrected chi connectivity index (χ3v) is 12.1. The second kappa shape index (κ2) is 14.9. The summed E-state index contributed by atoms with van der Waals surface area (Å²) in [4.78, 5) is 15.3. The average Bonchev–Trinajstić information content (AvgIpc) is 4.01. The zero-order chi connectivity index (χ0) is 51.4. The molecule has 0 N–H and O–H groups in total. The number of hydrogen-bond acceptors (Lipinski definition) is 4. The fraction of sp³-hybridized carbons (Fsp3) is 0. The van der Waals surface area contributed by atoms with Crippen LogP contribution in [0.15, 0.2) is 218 Å². The van der Waals surface area contributed by atoms with E-state index in [1.54, 1.807) is 11.3 Å². The van der Waals surface area contributed by atoms with E-state index in [0.29, 0.717) is 33.9 Å². The predicted octanol–water partition coefficient (Wildman–Crippen LogP) is 15.3. The molecule has 0 unspecified atom stereocenters. The molecule has 0 radical (unpaired) electrons. The Balaban J connectivity index is 1.24. The number of thiophene rings is 1. The van der Waals surface area contributed by atoms with Gasteiger partial charge in [0.25, 0.3) is 0 Å². The SMILES string of the molecule is [2H]c1c([2H])c([2H])c(-c2c([2H])c([2H])c3c(c2[2H])c2c([2H])c([2H])c([2H])c([2H])c2n3-c2cc(-c3cccc4sc5ccccc5c34)ccc2-c2nc(-c3ccccc3)nc(-c3cccc(-c4ccccc4)c3)n2)c([2H])c1[2H]. The molecule has 0 bridgehead atoms. The Morgan fingerprint density at radius 1 is 0.387 bits per heavy atom. The molecular formula is C57H36N4S. The zero-order valence-electron chi connectivity index (χ0n) is 44.6. The Hall–Kier alpha value is -7.99. The van der Waals surface area contributed by atoms with Crippen molar-refractivity contribution >= 4 is 53.3 Å². The smallest absolute Gasteiger partial charge is 0.166 e. The number of nitrogens with zero attached hydrogens (tertiary/aromatic N) is 4. The van der Waals surface area contributed by atoms with Gasteiger partial charge in [-0.2, -0.15) is 0 Å². The topological polar surface area (TPSA) is 43.6 Å². The molecule has 0 saturated heterocycles. The highest BCUT2D eigenvalue weighted by atomic mass is 32.1. The van der Waals surface area contributed by atoms with E-state index in [4.69, 9.17) is 24.5 Å². The molecule has 0 aliphatic heterocycles. The van der Waals surface area contributed by atoms with Gasteiger partial charge in [-0.25, -0.2) is 15.0 Å². The quantitative estimate of drug-likeness (QED) is 0.161. The van der Waals surface area contributed by atoms with Gasteiger partial charge in [-0.05, 0) is 81.8 Å². The molecule has 0 saturated carbocycles. The maximum absolute atomic E-state index is 9.89. The van der Waals surface area contributed by atoms with Gasteiger partial charge in [0.15, 0.2) is 17.5 Å². The summed E-state index contributed by atoms with van der Waals surface area (Å²) in [6, 6.07) is 39.3. The van der Waals surface area contributed by atoms with Gasteiger partial charge in [-0.1, -0.05) is 170 Å². The van der Waals surface area contributed by atoms with Crippen molar-refractivity contribution in [3.63, 3.8) is 0 Å². The van der Waals surface area contributed by atoms with Gasteiger partial charge >= 0.3 is 0 Å². The average molecular weight is 821 g/mol. The van der Waals surface area contributed by atoms with Crippen molar-refractivity contribution in [2.75, 3.05) is 0 Å². The van der Waals surface area contributed by atoms with Crippen LogP contribution in [0.25, 0.3) is 115 Å². The Labute approximate surface area is 379 Å². The van der Waals surface area contributed by atoms with Crippen LogP contribution in [0.3, 0.4) is 0 Å². The largest absolute Gasteiger partial charge is 0.308 e. The minimum Gasteiger partial charge on any atom is -0.308 e. The first-order valence-corrected chi connectivity index (χ1v) is 20.7. The summed E-state index contributed by atoms with van der Waals surface area (Å²) in [6.07, 6.45) is 0. The van der Waals surface area contributed by atoms with Crippen molar-refractivity contribution in [3.8, 4) is 73.2 Å². The summed E-state index contributed by atoms with van der Waals surface area (Å²) in [5.74, 6) is 0.817. The minimum atomic E-state index is -0.705. The van der Waals surface area contributed by atoms with Crippen LogP contribution in [0.2, 0.25) is 0 Å². The Morgan fingerprint density at radius 3 is 1.90 bits per heavy atom. The zero-order valence-corrected chi connectivity index (χ0v) is 33.4. The Bertz CT molecular complexity index is 4320. The normalized spacial score (nSPS) is 14.3. The molecule has 4 nitrogen and oxygen atoms in total. The molecule has 0 amide bonds. The Kier molecular flexibility index (Phi) is 6.16. The summed E-state index contributed by atoms with van der Waals surface area (Å²) in [7, 11) is 0. The Morgan fingerprint density at radius 2 is 1.05 bits per heavy atom. The second-order valence-corrected chi connectivity index (χ2v) is 15.7. The monoisotopic (exact) mass is 820 g/mol. The summed E-state index contributed by atoms with van der Waals surface area (Å²) in [5, 5.41) is 1.66. The summed E-state index contributed by atoms with van der Waals surface area (Å²) in [5.41, 5.74) is 4.16. The lowest BCUT2D eigenvalue weighted by atomic mass is 9.97. The van der Waals surface area contributed by atoms with E-state index in [0.717, 1.165) is 36.9 Å². The molecule has 9 aromatic carbocycles. The van der Waals surface area contributed by atoms with Crippen molar-refractivity contribution in [3.05, 3.63) is 218 Å². The molecule has 0 aliphatic carbocycles. The number of aromatic nitrogens is 4. The molecular weight excluding hydrogens is 773 g/mol. The van der Waals surface area contributed by atoms with E-state index < -0.39 is 83.6 Å². The number of benzene rings is 9. The molecule has 12 aromatic rings. The van der Waals surface area contributed by atoms with Crippen LogP contribution in [0.5, 0.6) is 0 Å². The fourth-order valence-electron chi connectivity index (χ4n) is 8.15. The van der Waals surface area contributed by atoms with E-state index in [9.17, 15) is 6.85 Å². The molecule has 62 heavy (non-hydrogen) atoms. The first-order chi connectivity index (χ1) is 35.7. The van der Waals surface area contributed by atoms with Gasteiger partial charge in [0.05, 0.1) is 33.2 Å². The molecule has 0 atom stereocenters. The standard InChI is InChI=1S/C57H36N4S/c1-4-16-37(17-5-1)40-22-14-23-43(34-40)56-58-55(39-20-8-3-9-21-39)59-57(60-56)46-32-30-42(44-26-15-29-53-54(44)47-25-11-13-28-52(47)62-53)36-51(46)61-49-27-12-10-24-45(49)48-35-41(31-33-50(48)61)38-18-6-2-7-19-38/h1-36H/i2D,6D,7D,10D,12D,18D,19D,24D,27D,31D,33D,35D. The minimum absolute atomic E-state index is 0.128. The van der Waals surface area contributed by atoms with E-state index in [2.05, 4.69) is 18.2 Å².